The molecule has 0 aliphatic carbocycles. The maximum absolute atomic E-state index is 14.4. The van der Waals surface area contributed by atoms with Gasteiger partial charge in [0.15, 0.2) is 0 Å². The van der Waals surface area contributed by atoms with Crippen molar-refractivity contribution in [3.8, 4) is 10.8 Å². The minimum absolute atomic E-state index is 0.0247. The monoisotopic (exact) mass is 572 g/mol. The highest BCUT2D eigenvalue weighted by atomic mass is 32.1. The maximum atomic E-state index is 14.4. The summed E-state index contributed by atoms with van der Waals surface area (Å²) in [6, 6.07) is 3.96. The largest absolute Gasteiger partial charge is 0.496 e. The van der Waals surface area contributed by atoms with Gasteiger partial charge in [0.05, 0.1) is 56.6 Å². The van der Waals surface area contributed by atoms with Crippen molar-refractivity contribution in [1.29, 1.82) is 0 Å². The molecule has 0 unspecified atom stereocenters. The van der Waals surface area contributed by atoms with E-state index in [0.29, 0.717) is 26.7 Å². The second-order valence-electron chi connectivity index (χ2n) is 9.96. The number of methoxy groups -OCH3 is 1. The molecule has 1 saturated heterocycles. The van der Waals surface area contributed by atoms with Crippen LogP contribution in [0.15, 0.2) is 40.2 Å². The average molecular weight is 573 g/mol. The van der Waals surface area contributed by atoms with Crippen molar-refractivity contribution >= 4 is 27.5 Å². The highest BCUT2D eigenvalue weighted by molar-refractivity contribution is 7.21. The third-order valence-electron chi connectivity index (χ3n) is 7.16. The van der Waals surface area contributed by atoms with E-state index in [9.17, 15) is 23.9 Å². The fraction of sp³-hybridized carbons (Fsp3) is 0.423. The summed E-state index contributed by atoms with van der Waals surface area (Å²) in [6.45, 7) is 3.09. The van der Waals surface area contributed by atoms with E-state index in [2.05, 4.69) is 10.2 Å². The number of aryl methyl sites for hydroxylation is 1. The molecule has 0 spiro atoms. The number of aromatic nitrogens is 5. The summed E-state index contributed by atoms with van der Waals surface area (Å²) in [5.41, 5.74) is -1.37. The topological polar surface area (TPSA) is 134 Å². The number of carbonyl (C=O) groups is 1. The van der Waals surface area contributed by atoms with E-state index < -0.39 is 28.7 Å². The van der Waals surface area contributed by atoms with Gasteiger partial charge in [-0.1, -0.05) is 11.3 Å². The van der Waals surface area contributed by atoms with Crippen LogP contribution in [0.2, 0.25) is 0 Å². The van der Waals surface area contributed by atoms with Gasteiger partial charge < -0.3 is 19.5 Å². The molecule has 1 aliphatic heterocycles. The summed E-state index contributed by atoms with van der Waals surface area (Å²) in [7, 11) is 3.06. The number of rotatable bonds is 9. The number of hydrogen-bond acceptors (Lipinski definition) is 9. The van der Waals surface area contributed by atoms with Crippen LogP contribution in [0.25, 0.3) is 15.2 Å². The van der Waals surface area contributed by atoms with E-state index >= 15 is 0 Å². The van der Waals surface area contributed by atoms with Crippen molar-refractivity contribution in [2.45, 2.75) is 38.5 Å². The summed E-state index contributed by atoms with van der Waals surface area (Å²) in [6.07, 6.45) is 2.05. The van der Waals surface area contributed by atoms with Gasteiger partial charge >= 0.3 is 5.69 Å². The zero-order chi connectivity index (χ0) is 28.8. The predicted molar refractivity (Wildman–Crippen MR) is 145 cm³/mol. The van der Waals surface area contributed by atoms with Crippen LogP contribution in [-0.4, -0.2) is 74.0 Å². The van der Waals surface area contributed by atoms with Crippen LogP contribution in [0, 0.1) is 12.7 Å². The quantitative estimate of drug-likeness (QED) is 0.320. The van der Waals surface area contributed by atoms with Crippen molar-refractivity contribution in [2.24, 2.45) is 0 Å². The number of halogens is 1. The molecule has 4 heterocycles. The van der Waals surface area contributed by atoms with Gasteiger partial charge in [0, 0.05) is 24.7 Å². The summed E-state index contributed by atoms with van der Waals surface area (Å²) in [5, 5.41) is 18.7. The highest BCUT2D eigenvalue weighted by Crippen LogP contribution is 2.35. The molecule has 1 amide bonds. The van der Waals surface area contributed by atoms with Gasteiger partial charge in [-0.25, -0.2) is 9.18 Å². The van der Waals surface area contributed by atoms with E-state index in [1.54, 1.807) is 20.9 Å². The normalized spacial score (nSPS) is 18.1. The zero-order valence-electron chi connectivity index (χ0n) is 22.5. The molecule has 12 nitrogen and oxygen atoms in total. The van der Waals surface area contributed by atoms with E-state index in [0.717, 1.165) is 15.9 Å². The Bertz CT molecular complexity index is 1700. The van der Waals surface area contributed by atoms with Crippen molar-refractivity contribution in [3.05, 3.63) is 68.4 Å². The Labute approximate surface area is 231 Å². The third kappa shape index (κ3) is 4.61. The Kier molecular flexibility index (Phi) is 7.33. The second kappa shape index (κ2) is 10.6. The Balaban J connectivity index is 1.79. The van der Waals surface area contributed by atoms with Crippen LogP contribution in [0.1, 0.15) is 30.6 Å². The lowest BCUT2D eigenvalue weighted by Gasteiger charge is -2.27. The number of nitrogens with zero attached hydrogens (tertiary/aromatic N) is 6. The number of aliphatic hydroxyl groups is 1. The van der Waals surface area contributed by atoms with Crippen molar-refractivity contribution in [3.63, 3.8) is 0 Å². The fourth-order valence-corrected chi connectivity index (χ4v) is 6.53. The summed E-state index contributed by atoms with van der Waals surface area (Å²) >= 11 is 1.16. The summed E-state index contributed by atoms with van der Waals surface area (Å²) < 4.78 is 28.3. The summed E-state index contributed by atoms with van der Waals surface area (Å²) in [4.78, 5) is 44.0. The standard InChI is InChI=1S/C26H29FN6O6S/c1-15-21-22(36)32(26(2)12-20(35)30(3)14-26)25(37)31(24(21)40-23(15)33-28-7-8-29-33)13-19(39-10-9-34)17-11-16(27)5-6-18(17)38-4/h5-8,11,19,34H,9-10,12-14H2,1-4H3/t19-,26-/m0/s1. The van der Waals surface area contributed by atoms with Gasteiger partial charge in [-0.3, -0.25) is 18.7 Å². The van der Waals surface area contributed by atoms with Crippen molar-refractivity contribution in [2.75, 3.05) is 33.9 Å². The molecule has 212 valence electrons. The molecule has 1 fully saturated rings. The first kappa shape index (κ1) is 27.7. The van der Waals surface area contributed by atoms with Crippen LogP contribution < -0.4 is 16.0 Å². The second-order valence-corrected chi connectivity index (χ2v) is 10.9. The molecular formula is C26H29FN6O6S. The molecule has 40 heavy (non-hydrogen) atoms. The third-order valence-corrected chi connectivity index (χ3v) is 8.44. The highest BCUT2D eigenvalue weighted by Gasteiger charge is 2.42. The molecule has 3 aromatic heterocycles. The molecule has 14 heteroatoms. The lowest BCUT2D eigenvalue weighted by atomic mass is 10.0. The molecule has 4 aromatic rings. The van der Waals surface area contributed by atoms with Gasteiger partial charge in [-0.05, 0) is 32.0 Å². The van der Waals surface area contributed by atoms with E-state index in [4.69, 9.17) is 9.47 Å². The van der Waals surface area contributed by atoms with Gasteiger partial charge in [-0.2, -0.15) is 10.2 Å². The summed E-state index contributed by atoms with van der Waals surface area (Å²) in [5.74, 6) is -0.381. The number of hydrogen-bond donors (Lipinski definition) is 1. The molecule has 1 N–H and O–H groups in total. The molecule has 1 aromatic carbocycles. The van der Waals surface area contributed by atoms with E-state index in [1.807, 2.05) is 0 Å². The molecule has 1 aliphatic rings. The SMILES string of the molecule is COc1ccc(F)cc1[C@H](Cn1c(=O)n([C@@]2(C)CC(=O)N(C)C2)c(=O)c2c(C)c(-n3nccn3)sc21)OCCO. The predicted octanol–water partition coefficient (Wildman–Crippen LogP) is 1.59. The Morgan fingerprint density at radius 2 is 1.95 bits per heavy atom. The Morgan fingerprint density at radius 3 is 2.58 bits per heavy atom. The Hall–Kier alpha value is -3.88. The number of amides is 1. The molecular weight excluding hydrogens is 543 g/mol. The number of carbonyl (C=O) groups excluding carboxylic acids is 1. The van der Waals surface area contributed by atoms with Crippen LogP contribution in [0.5, 0.6) is 5.75 Å². The number of likely N-dealkylation sites (tertiary alicyclic amines) is 1. The number of fused-ring (bicyclic) bond motifs is 1. The lowest BCUT2D eigenvalue weighted by Crippen LogP contribution is -2.51. The van der Waals surface area contributed by atoms with Crippen molar-refractivity contribution in [1.82, 2.24) is 29.0 Å². The first-order valence-corrected chi connectivity index (χ1v) is 13.4. The zero-order valence-corrected chi connectivity index (χ0v) is 23.3. The first-order chi connectivity index (χ1) is 19.1. The first-order valence-electron chi connectivity index (χ1n) is 12.6. The van der Waals surface area contributed by atoms with Crippen LogP contribution >= 0.6 is 11.3 Å². The van der Waals surface area contributed by atoms with Crippen molar-refractivity contribution < 1.29 is 23.8 Å². The van der Waals surface area contributed by atoms with Gasteiger partial charge in [0.1, 0.15) is 27.5 Å². The Morgan fingerprint density at radius 1 is 1.23 bits per heavy atom. The van der Waals surface area contributed by atoms with Crippen LogP contribution in [0.4, 0.5) is 4.39 Å². The van der Waals surface area contributed by atoms with E-state index in [1.165, 1.54) is 52.0 Å². The smallest absolute Gasteiger partial charge is 0.332 e. The van der Waals surface area contributed by atoms with Crippen LogP contribution in [-0.2, 0) is 21.6 Å². The lowest BCUT2D eigenvalue weighted by molar-refractivity contribution is -0.126. The minimum atomic E-state index is -1.10. The molecule has 0 radical (unpaired) electrons. The molecule has 0 bridgehead atoms. The van der Waals surface area contributed by atoms with Gasteiger partial charge in [0.25, 0.3) is 5.56 Å². The number of benzene rings is 1. The van der Waals surface area contributed by atoms with Crippen LogP contribution in [0.3, 0.4) is 0 Å². The fourth-order valence-electron chi connectivity index (χ4n) is 5.31. The minimum Gasteiger partial charge on any atom is -0.496 e. The number of aliphatic hydroxyl groups excluding tert-OH is 1. The van der Waals surface area contributed by atoms with E-state index in [-0.39, 0.29) is 44.0 Å². The number of ether oxygens (including phenoxy) is 2. The molecule has 0 saturated carbocycles. The molecule has 2 atom stereocenters. The maximum Gasteiger partial charge on any atom is 0.332 e. The van der Waals surface area contributed by atoms with Gasteiger partial charge in [0.2, 0.25) is 5.91 Å². The number of likely N-dealkylation sites (N-methyl/N-ethyl adjacent to an activating group) is 1. The average Bonchev–Trinajstić information content (AvgIpc) is 3.62. The number of thiophene rings is 1. The molecule has 5 rings (SSSR count). The van der Waals surface area contributed by atoms with Gasteiger partial charge in [-0.15, -0.1) is 4.80 Å².